The highest BCUT2D eigenvalue weighted by Gasteiger charge is 2.20. The number of carbonyl (C=O) groups is 1. The second kappa shape index (κ2) is 7.39. The topological polar surface area (TPSA) is 116 Å². The fraction of sp³-hybridized carbons (Fsp3) is 0.100. The lowest BCUT2D eigenvalue weighted by molar-refractivity contribution is 0.0692. The smallest absolute Gasteiger partial charge is 0.338 e. The predicted octanol–water partition coefficient (Wildman–Crippen LogP) is 3.51. The Balaban J connectivity index is 1.73. The Morgan fingerprint density at radius 3 is 2.77 bits per heavy atom. The number of nitrogens with two attached hydrogens (primary N) is 1. The van der Waals surface area contributed by atoms with Gasteiger partial charge in [0.15, 0.2) is 11.6 Å². The van der Waals surface area contributed by atoms with Crippen molar-refractivity contribution in [1.29, 1.82) is 0 Å². The van der Waals surface area contributed by atoms with Crippen LogP contribution in [0.5, 0.6) is 5.75 Å². The van der Waals surface area contributed by atoms with Gasteiger partial charge in [-0.2, -0.15) is 5.10 Å². The average Bonchev–Trinajstić information content (AvgIpc) is 3.22. The molecule has 1 atom stereocenters. The second-order valence-corrected chi connectivity index (χ2v) is 6.47. The second-order valence-electron chi connectivity index (χ2n) is 6.47. The van der Waals surface area contributed by atoms with Crippen molar-refractivity contribution in [2.75, 3.05) is 5.73 Å². The van der Waals surface area contributed by atoms with Gasteiger partial charge in [-0.1, -0.05) is 0 Å². The van der Waals surface area contributed by atoms with Crippen LogP contribution in [0.4, 0.5) is 14.6 Å². The van der Waals surface area contributed by atoms with Gasteiger partial charge in [0.2, 0.25) is 0 Å². The fourth-order valence-electron chi connectivity index (χ4n) is 3.04. The molecule has 0 radical (unpaired) electrons. The molecule has 0 aliphatic carbocycles. The number of nitrogens with zero attached hydrogens (tertiary/aromatic N) is 4. The zero-order chi connectivity index (χ0) is 21.4. The van der Waals surface area contributed by atoms with Crippen molar-refractivity contribution < 1.29 is 23.4 Å². The van der Waals surface area contributed by atoms with E-state index in [9.17, 15) is 13.6 Å². The molecule has 0 aliphatic heterocycles. The molecule has 0 spiro atoms. The SMILES string of the molecule is CC(Oc1cc2cc(C(=O)O)c(F)cc2nc1N)c1ncc(F)cc1-n1cccn1. The molecule has 1 unspecified atom stereocenters. The monoisotopic (exact) mass is 411 g/mol. The highest BCUT2D eigenvalue weighted by atomic mass is 19.1. The third-order valence-corrected chi connectivity index (χ3v) is 4.43. The lowest BCUT2D eigenvalue weighted by Gasteiger charge is -2.18. The number of rotatable bonds is 5. The zero-order valence-corrected chi connectivity index (χ0v) is 15.6. The molecule has 8 nitrogen and oxygen atoms in total. The minimum Gasteiger partial charge on any atom is -0.480 e. The minimum absolute atomic E-state index is 0.0143. The van der Waals surface area contributed by atoms with E-state index >= 15 is 0 Å². The number of nitrogen functional groups attached to an aromatic ring is 1. The molecular formula is C20H15F2N5O3. The van der Waals surface area contributed by atoms with Gasteiger partial charge < -0.3 is 15.6 Å². The Kier molecular flexibility index (Phi) is 4.74. The van der Waals surface area contributed by atoms with Crippen molar-refractivity contribution in [1.82, 2.24) is 19.7 Å². The van der Waals surface area contributed by atoms with Crippen molar-refractivity contribution in [2.24, 2.45) is 0 Å². The Morgan fingerprint density at radius 1 is 1.27 bits per heavy atom. The quantitative estimate of drug-likeness (QED) is 0.516. The first-order valence-corrected chi connectivity index (χ1v) is 8.78. The molecule has 0 fully saturated rings. The first-order chi connectivity index (χ1) is 14.3. The summed E-state index contributed by atoms with van der Waals surface area (Å²) in [5, 5.41) is 13.6. The summed E-state index contributed by atoms with van der Waals surface area (Å²) >= 11 is 0. The summed E-state index contributed by atoms with van der Waals surface area (Å²) in [7, 11) is 0. The van der Waals surface area contributed by atoms with Crippen molar-refractivity contribution in [3.8, 4) is 11.4 Å². The molecule has 0 amide bonds. The van der Waals surface area contributed by atoms with E-state index in [0.717, 1.165) is 18.3 Å². The van der Waals surface area contributed by atoms with Crippen molar-refractivity contribution >= 4 is 22.7 Å². The molecular weight excluding hydrogens is 396 g/mol. The maximum absolute atomic E-state index is 13.9. The molecule has 4 rings (SSSR count). The van der Waals surface area contributed by atoms with Crippen LogP contribution in [0.25, 0.3) is 16.6 Å². The van der Waals surface area contributed by atoms with Crippen molar-refractivity contribution in [3.63, 3.8) is 0 Å². The molecule has 152 valence electrons. The van der Waals surface area contributed by atoms with Crippen LogP contribution in [0.1, 0.15) is 29.1 Å². The molecule has 0 saturated carbocycles. The van der Waals surface area contributed by atoms with Crippen molar-refractivity contribution in [2.45, 2.75) is 13.0 Å². The molecule has 10 heteroatoms. The molecule has 3 aromatic heterocycles. The summed E-state index contributed by atoms with van der Waals surface area (Å²) in [5.41, 5.74) is 6.42. The first kappa shape index (κ1) is 19.2. The minimum atomic E-state index is -1.40. The highest BCUT2D eigenvalue weighted by molar-refractivity contribution is 5.94. The summed E-state index contributed by atoms with van der Waals surface area (Å²) in [6.07, 6.45) is 3.56. The van der Waals surface area contributed by atoms with Gasteiger partial charge in [-0.25, -0.2) is 23.2 Å². The third kappa shape index (κ3) is 3.50. The van der Waals surface area contributed by atoms with E-state index in [1.54, 1.807) is 25.4 Å². The van der Waals surface area contributed by atoms with E-state index in [2.05, 4.69) is 15.1 Å². The number of fused-ring (bicyclic) bond motifs is 1. The molecule has 0 bridgehead atoms. The number of hydrogen-bond donors (Lipinski definition) is 2. The van der Waals surface area contributed by atoms with E-state index in [0.29, 0.717) is 16.8 Å². The molecule has 1 aromatic carbocycles. The Labute approximate surface area is 168 Å². The van der Waals surface area contributed by atoms with Gasteiger partial charge in [0.1, 0.15) is 23.4 Å². The summed E-state index contributed by atoms with van der Waals surface area (Å²) in [6, 6.07) is 6.59. The number of carboxylic acids is 1. The number of carboxylic acid groups (broad SMARTS) is 1. The molecule has 3 N–H and O–H groups in total. The van der Waals surface area contributed by atoms with Crippen LogP contribution in [-0.2, 0) is 0 Å². The Bertz CT molecular complexity index is 1260. The number of ether oxygens (including phenoxy) is 1. The summed E-state index contributed by atoms with van der Waals surface area (Å²) in [5.74, 6) is -2.72. The number of aromatic carboxylic acids is 1. The van der Waals surface area contributed by atoms with Gasteiger partial charge in [-0.05, 0) is 25.1 Å². The van der Waals surface area contributed by atoms with Crippen LogP contribution in [-0.4, -0.2) is 30.8 Å². The van der Waals surface area contributed by atoms with Crippen LogP contribution < -0.4 is 10.5 Å². The fourth-order valence-corrected chi connectivity index (χ4v) is 3.04. The maximum atomic E-state index is 13.9. The van der Waals surface area contributed by atoms with Gasteiger partial charge >= 0.3 is 5.97 Å². The number of hydrogen-bond acceptors (Lipinski definition) is 6. The van der Waals surface area contributed by atoms with Gasteiger partial charge in [0.05, 0.1) is 23.0 Å². The van der Waals surface area contributed by atoms with E-state index in [1.165, 1.54) is 16.8 Å². The molecule has 4 aromatic rings. The molecule has 3 heterocycles. The predicted molar refractivity (Wildman–Crippen MR) is 103 cm³/mol. The van der Waals surface area contributed by atoms with E-state index in [1.807, 2.05) is 0 Å². The standard InChI is InChI=1S/C20H15F2N5O3/c1-10(18-16(7-12(21)9-24-18)27-4-2-3-25-27)30-17-6-11-5-13(20(28)29)14(22)8-15(11)26-19(17)23/h2-10H,1H3,(H2,23,26)(H,28,29). The first-order valence-electron chi connectivity index (χ1n) is 8.78. The van der Waals surface area contributed by atoms with Crippen LogP contribution in [0.3, 0.4) is 0 Å². The summed E-state index contributed by atoms with van der Waals surface area (Å²) < 4.78 is 35.0. The van der Waals surface area contributed by atoms with Crippen LogP contribution >= 0.6 is 0 Å². The molecule has 30 heavy (non-hydrogen) atoms. The Morgan fingerprint density at radius 2 is 2.07 bits per heavy atom. The van der Waals surface area contributed by atoms with Crippen molar-refractivity contribution in [3.05, 3.63) is 71.8 Å². The number of benzene rings is 1. The number of aromatic nitrogens is 4. The zero-order valence-electron chi connectivity index (χ0n) is 15.6. The highest BCUT2D eigenvalue weighted by Crippen LogP contribution is 2.31. The number of halogens is 2. The van der Waals surface area contributed by atoms with Crippen LogP contribution in [0.2, 0.25) is 0 Å². The van der Waals surface area contributed by atoms with Gasteiger partial charge in [-0.3, -0.25) is 4.98 Å². The number of anilines is 1. The largest absolute Gasteiger partial charge is 0.480 e. The Hall–Kier alpha value is -4.08. The van der Waals surface area contributed by atoms with E-state index in [4.69, 9.17) is 15.6 Å². The van der Waals surface area contributed by atoms with Crippen LogP contribution in [0, 0.1) is 11.6 Å². The molecule has 0 aliphatic rings. The van der Waals surface area contributed by atoms with Gasteiger partial charge in [-0.15, -0.1) is 0 Å². The van der Waals surface area contributed by atoms with Gasteiger partial charge in [0, 0.05) is 29.9 Å². The molecule has 0 saturated heterocycles. The van der Waals surface area contributed by atoms with Gasteiger partial charge in [0.25, 0.3) is 0 Å². The van der Waals surface area contributed by atoms with E-state index < -0.39 is 29.3 Å². The summed E-state index contributed by atoms with van der Waals surface area (Å²) in [6.45, 7) is 1.68. The number of pyridine rings is 2. The lowest BCUT2D eigenvalue weighted by Crippen LogP contribution is -2.12. The maximum Gasteiger partial charge on any atom is 0.338 e. The lowest BCUT2D eigenvalue weighted by atomic mass is 10.1. The van der Waals surface area contributed by atoms with E-state index in [-0.39, 0.29) is 17.1 Å². The van der Waals surface area contributed by atoms with Crippen LogP contribution in [0.15, 0.2) is 48.9 Å². The normalized spacial score (nSPS) is 12.1. The third-order valence-electron chi connectivity index (χ3n) is 4.43. The average molecular weight is 411 g/mol. The summed E-state index contributed by atoms with van der Waals surface area (Å²) in [4.78, 5) is 19.4.